The maximum Gasteiger partial charge on any atom is 0.293 e. The minimum Gasteiger partial charge on any atom is -0.493 e. The number of thioether (sulfide) groups is 1. The van der Waals surface area contributed by atoms with Gasteiger partial charge >= 0.3 is 0 Å². The highest BCUT2D eigenvalue weighted by atomic mass is 35.5. The maximum absolute atomic E-state index is 12.8. The van der Waals surface area contributed by atoms with Crippen LogP contribution < -0.4 is 9.47 Å². The second-order valence-corrected chi connectivity index (χ2v) is 9.02. The lowest BCUT2D eigenvalue weighted by Gasteiger charge is -2.13. The van der Waals surface area contributed by atoms with Crippen molar-refractivity contribution in [3.8, 4) is 11.5 Å². The summed E-state index contributed by atoms with van der Waals surface area (Å²) in [5.41, 5.74) is 2.40. The number of nitrogens with zero attached hydrogens (tertiary/aromatic N) is 1. The highest BCUT2D eigenvalue weighted by molar-refractivity contribution is 8.18. The zero-order valence-corrected chi connectivity index (χ0v) is 19.9. The summed E-state index contributed by atoms with van der Waals surface area (Å²) in [5.74, 6) is 0.709. The van der Waals surface area contributed by atoms with E-state index in [1.807, 2.05) is 30.3 Å². The van der Waals surface area contributed by atoms with Crippen molar-refractivity contribution in [1.29, 1.82) is 0 Å². The molecule has 1 aliphatic rings. The number of imide groups is 1. The number of methoxy groups -OCH3 is 1. The average Bonchev–Trinajstić information content (AvgIpc) is 3.07. The van der Waals surface area contributed by atoms with Gasteiger partial charge in [-0.3, -0.25) is 14.5 Å². The first-order chi connectivity index (χ1) is 15.9. The lowest BCUT2D eigenvalue weighted by molar-refractivity contribution is -0.123. The Morgan fingerprint density at radius 3 is 2.48 bits per heavy atom. The zero-order chi connectivity index (χ0) is 23.4. The fourth-order valence-corrected chi connectivity index (χ4v) is 4.54. The van der Waals surface area contributed by atoms with Crippen molar-refractivity contribution in [2.45, 2.75) is 13.2 Å². The van der Waals surface area contributed by atoms with Crippen LogP contribution in [-0.4, -0.2) is 23.2 Å². The number of hydrogen-bond acceptors (Lipinski definition) is 5. The van der Waals surface area contributed by atoms with Gasteiger partial charge in [0.1, 0.15) is 6.61 Å². The summed E-state index contributed by atoms with van der Waals surface area (Å²) in [6.07, 6.45) is 1.68. The molecular weight excluding hydrogens is 481 g/mol. The van der Waals surface area contributed by atoms with Gasteiger partial charge in [-0.05, 0) is 53.2 Å². The van der Waals surface area contributed by atoms with Gasteiger partial charge in [0.2, 0.25) is 0 Å². The van der Waals surface area contributed by atoms with E-state index in [0.717, 1.165) is 22.9 Å². The molecule has 1 saturated heterocycles. The predicted octanol–water partition coefficient (Wildman–Crippen LogP) is 6.82. The molecule has 0 aliphatic carbocycles. The molecule has 0 saturated carbocycles. The fourth-order valence-electron chi connectivity index (χ4n) is 3.24. The first-order valence-electron chi connectivity index (χ1n) is 9.98. The van der Waals surface area contributed by atoms with Crippen LogP contribution in [0.4, 0.5) is 4.79 Å². The Balaban J connectivity index is 1.49. The number of hydrogen-bond donors (Lipinski definition) is 0. The van der Waals surface area contributed by atoms with Crippen LogP contribution in [0.2, 0.25) is 10.0 Å². The Morgan fingerprint density at radius 1 is 0.970 bits per heavy atom. The Labute approximate surface area is 205 Å². The normalized spacial score (nSPS) is 14.8. The van der Waals surface area contributed by atoms with Crippen LogP contribution in [-0.2, 0) is 17.9 Å². The number of benzene rings is 3. The van der Waals surface area contributed by atoms with Gasteiger partial charge in [-0.15, -0.1) is 0 Å². The SMILES string of the molecule is COc1cc(/C=C2/SC(=O)N(Cc3ccccc3)C2=O)ccc1OCc1ccc(Cl)cc1Cl. The second kappa shape index (κ2) is 10.3. The van der Waals surface area contributed by atoms with Crippen LogP contribution in [0.15, 0.2) is 71.6 Å². The molecule has 0 atom stereocenters. The van der Waals surface area contributed by atoms with Gasteiger partial charge < -0.3 is 9.47 Å². The summed E-state index contributed by atoms with van der Waals surface area (Å²) in [6, 6.07) is 19.9. The van der Waals surface area contributed by atoms with Gasteiger partial charge in [0.25, 0.3) is 11.1 Å². The summed E-state index contributed by atoms with van der Waals surface area (Å²) in [7, 11) is 1.54. The van der Waals surface area contributed by atoms with Gasteiger partial charge in [0.05, 0.1) is 18.6 Å². The van der Waals surface area contributed by atoms with E-state index in [2.05, 4.69) is 0 Å². The smallest absolute Gasteiger partial charge is 0.293 e. The molecule has 0 N–H and O–H groups in total. The predicted molar refractivity (Wildman–Crippen MR) is 132 cm³/mol. The molecule has 1 heterocycles. The van der Waals surface area contributed by atoms with E-state index in [1.54, 1.807) is 42.5 Å². The van der Waals surface area contributed by atoms with Gasteiger partial charge in [-0.1, -0.05) is 65.7 Å². The third-order valence-corrected chi connectivity index (χ3v) is 6.44. The molecule has 0 unspecified atom stereocenters. The van der Waals surface area contributed by atoms with Crippen LogP contribution in [0.25, 0.3) is 6.08 Å². The molecule has 1 aliphatic heterocycles. The Hall–Kier alpha value is -2.93. The number of halogens is 2. The molecule has 33 heavy (non-hydrogen) atoms. The lowest BCUT2D eigenvalue weighted by Crippen LogP contribution is -2.27. The minimum absolute atomic E-state index is 0.240. The third-order valence-electron chi connectivity index (χ3n) is 4.94. The Kier molecular flexibility index (Phi) is 7.28. The van der Waals surface area contributed by atoms with Crippen molar-refractivity contribution in [2.75, 3.05) is 7.11 Å². The molecule has 2 amide bonds. The summed E-state index contributed by atoms with van der Waals surface area (Å²) < 4.78 is 11.3. The largest absolute Gasteiger partial charge is 0.493 e. The van der Waals surface area contributed by atoms with Gasteiger partial charge in [0, 0.05) is 15.6 Å². The van der Waals surface area contributed by atoms with Crippen LogP contribution in [0.3, 0.4) is 0 Å². The Bertz CT molecular complexity index is 1230. The minimum atomic E-state index is -0.314. The molecule has 4 rings (SSSR count). The average molecular weight is 500 g/mol. The molecule has 168 valence electrons. The highest BCUT2D eigenvalue weighted by Gasteiger charge is 2.35. The number of carbonyl (C=O) groups excluding carboxylic acids is 2. The lowest BCUT2D eigenvalue weighted by atomic mass is 10.1. The summed E-state index contributed by atoms with van der Waals surface area (Å²) in [5, 5.41) is 0.782. The number of amides is 2. The maximum atomic E-state index is 12.8. The monoisotopic (exact) mass is 499 g/mol. The second-order valence-electron chi connectivity index (χ2n) is 7.19. The Morgan fingerprint density at radius 2 is 1.76 bits per heavy atom. The quantitative estimate of drug-likeness (QED) is 0.334. The number of carbonyl (C=O) groups is 2. The van der Waals surface area contributed by atoms with E-state index in [0.29, 0.717) is 32.0 Å². The zero-order valence-electron chi connectivity index (χ0n) is 17.6. The number of ether oxygens (including phenoxy) is 2. The van der Waals surface area contributed by atoms with Crippen molar-refractivity contribution < 1.29 is 19.1 Å². The molecule has 0 aromatic heterocycles. The van der Waals surface area contributed by atoms with Crippen molar-refractivity contribution in [3.63, 3.8) is 0 Å². The molecular formula is C25H19Cl2NO4S. The third kappa shape index (κ3) is 5.53. The molecule has 8 heteroatoms. The van der Waals surface area contributed by atoms with Gasteiger partial charge in [-0.25, -0.2) is 0 Å². The van der Waals surface area contributed by atoms with E-state index in [1.165, 1.54) is 12.0 Å². The molecule has 0 spiro atoms. The van der Waals surface area contributed by atoms with E-state index < -0.39 is 0 Å². The van der Waals surface area contributed by atoms with Crippen LogP contribution >= 0.6 is 35.0 Å². The molecule has 5 nitrogen and oxygen atoms in total. The van der Waals surface area contributed by atoms with Crippen LogP contribution in [0.1, 0.15) is 16.7 Å². The van der Waals surface area contributed by atoms with E-state index in [4.69, 9.17) is 32.7 Å². The summed E-state index contributed by atoms with van der Waals surface area (Å²) >= 11 is 13.1. The first kappa shape index (κ1) is 23.2. The molecule has 0 radical (unpaired) electrons. The fraction of sp³-hybridized carbons (Fsp3) is 0.120. The standard InChI is InChI=1S/C25H19Cl2NO4S/c1-31-22-11-17(7-10-21(22)32-15-18-8-9-19(26)13-20(18)27)12-23-24(29)28(25(30)33-23)14-16-5-3-2-4-6-16/h2-13H,14-15H2,1H3/b23-12+. The molecule has 1 fully saturated rings. The van der Waals surface area contributed by atoms with Crippen molar-refractivity contribution in [2.24, 2.45) is 0 Å². The van der Waals surface area contributed by atoms with Crippen molar-refractivity contribution >= 4 is 52.2 Å². The summed E-state index contributed by atoms with van der Waals surface area (Å²) in [4.78, 5) is 26.8. The van der Waals surface area contributed by atoms with Crippen molar-refractivity contribution in [1.82, 2.24) is 4.90 Å². The van der Waals surface area contributed by atoms with E-state index in [9.17, 15) is 9.59 Å². The molecule has 0 bridgehead atoms. The number of rotatable bonds is 7. The van der Waals surface area contributed by atoms with Crippen molar-refractivity contribution in [3.05, 3.63) is 98.4 Å². The molecule has 3 aromatic carbocycles. The van der Waals surface area contributed by atoms with Gasteiger partial charge in [-0.2, -0.15) is 0 Å². The molecule has 3 aromatic rings. The first-order valence-corrected chi connectivity index (χ1v) is 11.6. The topological polar surface area (TPSA) is 55.8 Å². The van der Waals surface area contributed by atoms with Crippen LogP contribution in [0, 0.1) is 0 Å². The van der Waals surface area contributed by atoms with Gasteiger partial charge in [0.15, 0.2) is 11.5 Å². The highest BCUT2D eigenvalue weighted by Crippen LogP contribution is 2.35. The van der Waals surface area contributed by atoms with E-state index in [-0.39, 0.29) is 24.3 Å². The van der Waals surface area contributed by atoms with E-state index >= 15 is 0 Å². The summed E-state index contributed by atoms with van der Waals surface area (Å²) in [6.45, 7) is 0.482. The van der Waals surface area contributed by atoms with Crippen LogP contribution in [0.5, 0.6) is 11.5 Å².